The zero-order chi connectivity index (χ0) is 27.0. The molecule has 0 aliphatic rings. The molecule has 0 aliphatic carbocycles. The highest BCUT2D eigenvalue weighted by Crippen LogP contribution is 2.04. The maximum atomic E-state index is 12.7. The highest BCUT2D eigenvalue weighted by Gasteiger charge is 2.28. The van der Waals surface area contributed by atoms with Gasteiger partial charge in [0.25, 0.3) is 0 Å². The minimum atomic E-state index is -1.30. The number of primary amides is 1. The predicted molar refractivity (Wildman–Crippen MR) is 128 cm³/mol. The molecule has 4 amide bonds. The van der Waals surface area contributed by atoms with E-state index in [1.165, 1.54) is 6.92 Å². The number of carbonyl (C=O) groups is 5. The molecule has 0 aliphatic heterocycles. The van der Waals surface area contributed by atoms with Crippen LogP contribution in [0.2, 0.25) is 0 Å². The molecule has 35 heavy (non-hydrogen) atoms. The predicted octanol–water partition coefficient (Wildman–Crippen LogP) is -3.68. The molecule has 0 fully saturated rings. The van der Waals surface area contributed by atoms with E-state index in [-0.39, 0.29) is 38.2 Å². The van der Waals surface area contributed by atoms with Gasteiger partial charge in [-0.15, -0.1) is 0 Å². The monoisotopic (exact) mass is 501 g/mol. The average molecular weight is 502 g/mol. The van der Waals surface area contributed by atoms with E-state index < -0.39 is 53.8 Å². The van der Waals surface area contributed by atoms with Crippen LogP contribution in [0.25, 0.3) is 0 Å². The molecule has 0 saturated heterocycles. The highest BCUT2D eigenvalue weighted by atomic mass is 16.4. The molecule has 0 aromatic rings. The van der Waals surface area contributed by atoms with E-state index >= 15 is 0 Å². The van der Waals surface area contributed by atoms with Crippen LogP contribution in [0.15, 0.2) is 4.99 Å². The van der Waals surface area contributed by atoms with Crippen LogP contribution >= 0.6 is 0 Å². The van der Waals surface area contributed by atoms with Crippen LogP contribution in [0, 0.1) is 0 Å². The molecule has 15 nitrogen and oxygen atoms in total. The van der Waals surface area contributed by atoms with Gasteiger partial charge in [0.05, 0.1) is 6.04 Å². The Bertz CT molecular complexity index is 757. The van der Waals surface area contributed by atoms with Crippen molar-refractivity contribution < 1.29 is 29.1 Å². The quantitative estimate of drug-likeness (QED) is 0.0503. The Labute approximate surface area is 204 Å². The second-order valence-electron chi connectivity index (χ2n) is 8.04. The smallest absolute Gasteiger partial charge is 0.326 e. The molecule has 200 valence electrons. The van der Waals surface area contributed by atoms with Crippen molar-refractivity contribution in [2.75, 3.05) is 13.1 Å². The molecule has 0 saturated carbocycles. The van der Waals surface area contributed by atoms with Crippen LogP contribution in [0.5, 0.6) is 0 Å². The molecule has 0 rings (SSSR count). The third kappa shape index (κ3) is 14.4. The molecule has 0 radical (unpaired) electrons. The van der Waals surface area contributed by atoms with Gasteiger partial charge in [-0.2, -0.15) is 0 Å². The number of amides is 4. The van der Waals surface area contributed by atoms with Gasteiger partial charge in [0, 0.05) is 13.0 Å². The molecular formula is C20H39N9O6. The molecule has 0 bridgehead atoms. The van der Waals surface area contributed by atoms with Gasteiger partial charge in [-0.05, 0) is 45.6 Å². The molecule has 0 spiro atoms. The fourth-order valence-electron chi connectivity index (χ4n) is 2.91. The molecule has 0 aromatic carbocycles. The summed E-state index contributed by atoms with van der Waals surface area (Å²) in [5, 5.41) is 16.6. The topological polar surface area (TPSA) is 284 Å². The van der Waals surface area contributed by atoms with Crippen LogP contribution in [0.3, 0.4) is 0 Å². The summed E-state index contributed by atoms with van der Waals surface area (Å²) in [6.07, 6.45) is 1.61. The number of carboxylic acid groups (broad SMARTS) is 1. The van der Waals surface area contributed by atoms with Crippen LogP contribution in [0.4, 0.5) is 0 Å². The first-order chi connectivity index (χ1) is 16.4. The minimum absolute atomic E-state index is 0.0167. The lowest BCUT2D eigenvalue weighted by molar-refractivity contribution is -0.142. The van der Waals surface area contributed by atoms with E-state index in [2.05, 4.69) is 20.9 Å². The normalized spacial score (nSPS) is 14.0. The molecule has 15 heteroatoms. The average Bonchev–Trinajstić information content (AvgIpc) is 2.77. The number of nitrogens with two attached hydrogens (primary N) is 5. The first-order valence-corrected chi connectivity index (χ1v) is 11.3. The van der Waals surface area contributed by atoms with Gasteiger partial charge >= 0.3 is 5.97 Å². The Morgan fingerprint density at radius 3 is 2.00 bits per heavy atom. The number of guanidine groups is 1. The number of nitrogens with zero attached hydrogens (tertiary/aromatic N) is 1. The summed E-state index contributed by atoms with van der Waals surface area (Å²) in [5.74, 6) is -4.26. The van der Waals surface area contributed by atoms with Crippen LogP contribution in [-0.4, -0.2) is 77.9 Å². The number of carboxylic acids is 1. The standard InChI is InChI=1S/C20H39N9O6/c1-11(27-17(32)12(22)5-2-3-9-21)16(31)28-13(7-8-15(23)30)18(33)29-14(19(34)35)6-4-10-26-20(24)25/h11-14H,2-10,21-22H2,1H3,(H2,23,30)(H,27,32)(H,28,31)(H,29,33)(H,34,35)(H4,24,25,26). The van der Waals surface area contributed by atoms with Gasteiger partial charge in [-0.25, -0.2) is 4.79 Å². The summed E-state index contributed by atoms with van der Waals surface area (Å²) in [4.78, 5) is 64.0. The number of hydrogen-bond donors (Lipinski definition) is 9. The molecular weight excluding hydrogens is 462 g/mol. The van der Waals surface area contributed by atoms with Gasteiger partial charge in [-0.1, -0.05) is 6.42 Å². The van der Waals surface area contributed by atoms with Gasteiger partial charge in [0.15, 0.2) is 5.96 Å². The lowest BCUT2D eigenvalue weighted by Gasteiger charge is -2.23. The Morgan fingerprint density at radius 1 is 0.829 bits per heavy atom. The second kappa shape index (κ2) is 17.0. The van der Waals surface area contributed by atoms with Crippen molar-refractivity contribution in [1.29, 1.82) is 0 Å². The highest BCUT2D eigenvalue weighted by molar-refractivity contribution is 5.94. The summed E-state index contributed by atoms with van der Waals surface area (Å²) >= 11 is 0. The van der Waals surface area contributed by atoms with Crippen molar-refractivity contribution in [3.05, 3.63) is 0 Å². The van der Waals surface area contributed by atoms with E-state index in [1.54, 1.807) is 0 Å². The van der Waals surface area contributed by atoms with E-state index in [0.717, 1.165) is 0 Å². The summed E-state index contributed by atoms with van der Waals surface area (Å²) in [6.45, 7) is 2.03. The lowest BCUT2D eigenvalue weighted by atomic mass is 10.1. The van der Waals surface area contributed by atoms with E-state index in [4.69, 9.17) is 28.7 Å². The summed E-state index contributed by atoms with van der Waals surface area (Å²) in [6, 6.07) is -4.44. The van der Waals surface area contributed by atoms with Gasteiger partial charge in [0.1, 0.15) is 18.1 Å². The zero-order valence-electron chi connectivity index (χ0n) is 20.0. The fourth-order valence-corrected chi connectivity index (χ4v) is 2.91. The number of unbranched alkanes of at least 4 members (excludes halogenated alkanes) is 1. The number of carbonyl (C=O) groups excluding carboxylic acids is 4. The number of aliphatic carboxylic acids is 1. The van der Waals surface area contributed by atoms with Crippen molar-refractivity contribution in [2.45, 2.75) is 76.0 Å². The molecule has 4 atom stereocenters. The molecule has 14 N–H and O–H groups in total. The van der Waals surface area contributed by atoms with Crippen LogP contribution in [-0.2, 0) is 24.0 Å². The van der Waals surface area contributed by atoms with Crippen molar-refractivity contribution >= 4 is 35.6 Å². The van der Waals surface area contributed by atoms with Crippen molar-refractivity contribution in [2.24, 2.45) is 33.7 Å². The number of nitrogens with one attached hydrogen (secondary N) is 3. The van der Waals surface area contributed by atoms with Gasteiger partial charge in [0.2, 0.25) is 23.6 Å². The molecule has 4 unspecified atom stereocenters. The van der Waals surface area contributed by atoms with Crippen molar-refractivity contribution in [1.82, 2.24) is 16.0 Å². The molecule has 0 heterocycles. The maximum absolute atomic E-state index is 12.7. The Hall–Kier alpha value is -3.46. The van der Waals surface area contributed by atoms with Gasteiger partial charge in [-0.3, -0.25) is 24.2 Å². The SMILES string of the molecule is CC(NC(=O)C(N)CCCCN)C(=O)NC(CCC(N)=O)C(=O)NC(CCCN=C(N)N)C(=O)O. The van der Waals surface area contributed by atoms with E-state index in [9.17, 15) is 29.1 Å². The van der Waals surface area contributed by atoms with Gasteiger partial charge < -0.3 is 49.7 Å². The first kappa shape index (κ1) is 31.5. The van der Waals surface area contributed by atoms with E-state index in [0.29, 0.717) is 25.8 Å². The Kier molecular flexibility index (Phi) is 15.4. The number of aliphatic imine (C=N–C) groups is 1. The Balaban J connectivity index is 5.11. The zero-order valence-corrected chi connectivity index (χ0v) is 20.0. The summed E-state index contributed by atoms with van der Waals surface area (Å²) < 4.78 is 0. The maximum Gasteiger partial charge on any atom is 0.326 e. The molecule has 0 aromatic heterocycles. The first-order valence-electron chi connectivity index (χ1n) is 11.3. The van der Waals surface area contributed by atoms with Crippen LogP contribution in [0.1, 0.15) is 51.9 Å². The summed E-state index contributed by atoms with van der Waals surface area (Å²) in [5.41, 5.74) is 26.8. The van der Waals surface area contributed by atoms with Crippen molar-refractivity contribution in [3.8, 4) is 0 Å². The third-order valence-electron chi connectivity index (χ3n) is 4.93. The number of rotatable bonds is 18. The summed E-state index contributed by atoms with van der Waals surface area (Å²) in [7, 11) is 0. The minimum Gasteiger partial charge on any atom is -0.480 e. The second-order valence-corrected chi connectivity index (χ2v) is 8.04. The third-order valence-corrected chi connectivity index (χ3v) is 4.93. The van der Waals surface area contributed by atoms with Crippen LogP contribution < -0.4 is 44.6 Å². The fraction of sp³-hybridized carbons (Fsp3) is 0.700. The number of hydrogen-bond acceptors (Lipinski definition) is 8. The van der Waals surface area contributed by atoms with Crippen molar-refractivity contribution in [3.63, 3.8) is 0 Å². The Morgan fingerprint density at radius 2 is 1.46 bits per heavy atom. The lowest BCUT2D eigenvalue weighted by Crippen LogP contribution is -2.56. The largest absolute Gasteiger partial charge is 0.480 e. The van der Waals surface area contributed by atoms with E-state index in [1.807, 2.05) is 0 Å².